The van der Waals surface area contributed by atoms with Crippen LogP contribution in [-0.4, -0.2) is 5.91 Å². The maximum Gasteiger partial charge on any atom is 0.248 e. The average molecular weight is 286 g/mol. The molecule has 0 saturated carbocycles. The minimum absolute atomic E-state index is 0.431. The van der Waals surface area contributed by atoms with Crippen LogP contribution in [-0.2, 0) is 6.54 Å². The first-order valence-corrected chi connectivity index (χ1v) is 6.30. The van der Waals surface area contributed by atoms with Gasteiger partial charge in [0.1, 0.15) is 6.07 Å². The normalized spacial score (nSPS) is 9.80. The summed E-state index contributed by atoms with van der Waals surface area (Å²) in [7, 11) is 0. The summed E-state index contributed by atoms with van der Waals surface area (Å²) in [5, 5.41) is 12.5. The first-order chi connectivity index (χ1) is 9.60. The van der Waals surface area contributed by atoms with Gasteiger partial charge in [0.15, 0.2) is 0 Å². The number of nitrogens with zero attached hydrogens (tertiary/aromatic N) is 1. The van der Waals surface area contributed by atoms with E-state index in [1.54, 1.807) is 30.3 Å². The minimum Gasteiger partial charge on any atom is -0.381 e. The van der Waals surface area contributed by atoms with E-state index in [0.29, 0.717) is 22.7 Å². The smallest absolute Gasteiger partial charge is 0.248 e. The summed E-state index contributed by atoms with van der Waals surface area (Å²) in [6.07, 6.45) is 0. The number of hydrogen-bond donors (Lipinski definition) is 2. The van der Waals surface area contributed by atoms with Crippen LogP contribution in [0.3, 0.4) is 0 Å². The van der Waals surface area contributed by atoms with Gasteiger partial charge in [0, 0.05) is 17.8 Å². The van der Waals surface area contributed by atoms with Crippen LogP contribution in [0.25, 0.3) is 0 Å². The van der Waals surface area contributed by atoms with E-state index >= 15 is 0 Å². The van der Waals surface area contributed by atoms with Crippen molar-refractivity contribution in [2.45, 2.75) is 6.54 Å². The molecule has 5 heteroatoms. The maximum atomic E-state index is 11.0. The summed E-state index contributed by atoms with van der Waals surface area (Å²) in [4.78, 5) is 11.0. The Bertz CT molecular complexity index is 675. The van der Waals surface area contributed by atoms with Crippen LogP contribution in [0.1, 0.15) is 21.5 Å². The average Bonchev–Trinajstić information content (AvgIpc) is 2.46. The van der Waals surface area contributed by atoms with E-state index in [4.69, 9.17) is 22.6 Å². The Morgan fingerprint density at radius 1 is 1.25 bits per heavy atom. The number of rotatable bonds is 4. The molecule has 0 spiro atoms. The minimum atomic E-state index is -0.444. The second kappa shape index (κ2) is 6.09. The molecule has 100 valence electrons. The van der Waals surface area contributed by atoms with Crippen molar-refractivity contribution in [3.8, 4) is 6.07 Å². The van der Waals surface area contributed by atoms with Crippen LogP contribution < -0.4 is 11.1 Å². The number of benzene rings is 2. The number of carbonyl (C=O) groups is 1. The summed E-state index contributed by atoms with van der Waals surface area (Å²) < 4.78 is 0. The van der Waals surface area contributed by atoms with Gasteiger partial charge in [0.05, 0.1) is 10.6 Å². The molecular formula is C15H12ClN3O. The van der Waals surface area contributed by atoms with Gasteiger partial charge in [-0.1, -0.05) is 23.7 Å². The molecule has 20 heavy (non-hydrogen) atoms. The van der Waals surface area contributed by atoms with Crippen LogP contribution in [0.15, 0.2) is 42.5 Å². The van der Waals surface area contributed by atoms with E-state index in [-0.39, 0.29) is 0 Å². The number of amides is 1. The van der Waals surface area contributed by atoms with Gasteiger partial charge in [-0.3, -0.25) is 4.79 Å². The zero-order chi connectivity index (χ0) is 14.5. The van der Waals surface area contributed by atoms with E-state index in [0.717, 1.165) is 11.3 Å². The van der Waals surface area contributed by atoms with Crippen LogP contribution in [0.4, 0.5) is 5.69 Å². The van der Waals surface area contributed by atoms with Crippen LogP contribution >= 0.6 is 11.6 Å². The van der Waals surface area contributed by atoms with E-state index in [1.165, 1.54) is 0 Å². The topological polar surface area (TPSA) is 78.9 Å². The molecule has 0 bridgehead atoms. The van der Waals surface area contributed by atoms with Gasteiger partial charge < -0.3 is 11.1 Å². The fourth-order valence-electron chi connectivity index (χ4n) is 1.71. The monoisotopic (exact) mass is 285 g/mol. The van der Waals surface area contributed by atoms with Gasteiger partial charge in [-0.2, -0.15) is 5.26 Å². The molecule has 4 nitrogen and oxygen atoms in total. The van der Waals surface area contributed by atoms with Crippen molar-refractivity contribution in [2.24, 2.45) is 5.73 Å². The lowest BCUT2D eigenvalue weighted by atomic mass is 10.1. The lowest BCUT2D eigenvalue weighted by Crippen LogP contribution is -2.10. The number of nitrogens with one attached hydrogen (secondary N) is 1. The number of anilines is 1. The molecule has 0 saturated heterocycles. The van der Waals surface area contributed by atoms with Crippen molar-refractivity contribution in [1.82, 2.24) is 0 Å². The predicted molar refractivity (Wildman–Crippen MR) is 78.5 cm³/mol. The van der Waals surface area contributed by atoms with E-state index in [1.807, 2.05) is 18.2 Å². The molecular weight excluding hydrogens is 274 g/mol. The number of primary amides is 1. The Labute approximate surface area is 121 Å². The molecule has 0 aromatic heterocycles. The summed E-state index contributed by atoms with van der Waals surface area (Å²) in [5.74, 6) is -0.444. The van der Waals surface area contributed by atoms with Crippen molar-refractivity contribution in [3.05, 3.63) is 64.2 Å². The highest BCUT2D eigenvalue weighted by Gasteiger charge is 2.02. The number of hydrogen-bond acceptors (Lipinski definition) is 3. The molecule has 2 rings (SSSR count). The predicted octanol–water partition coefficient (Wildman–Crippen LogP) is 2.92. The molecule has 0 radical (unpaired) electrons. The highest BCUT2D eigenvalue weighted by atomic mass is 35.5. The zero-order valence-corrected chi connectivity index (χ0v) is 11.3. The number of halogens is 1. The van der Waals surface area contributed by atoms with Crippen molar-refractivity contribution < 1.29 is 4.79 Å². The number of carbonyl (C=O) groups excluding carboxylic acids is 1. The Hall–Kier alpha value is -2.51. The van der Waals surface area contributed by atoms with Gasteiger partial charge in [0.25, 0.3) is 0 Å². The van der Waals surface area contributed by atoms with Crippen molar-refractivity contribution >= 4 is 23.2 Å². The molecule has 2 aromatic carbocycles. The first kappa shape index (κ1) is 13.9. The highest BCUT2D eigenvalue weighted by molar-refractivity contribution is 6.31. The second-order valence-corrected chi connectivity index (χ2v) is 4.63. The SMILES string of the molecule is N#Cc1cc(NCc2ccc(C(N)=O)cc2)ccc1Cl. The Kier molecular flexibility index (Phi) is 4.24. The Balaban J connectivity index is 2.05. The van der Waals surface area contributed by atoms with Crippen LogP contribution in [0.2, 0.25) is 5.02 Å². The van der Waals surface area contributed by atoms with Gasteiger partial charge in [0.2, 0.25) is 5.91 Å². The Morgan fingerprint density at radius 2 is 1.95 bits per heavy atom. The van der Waals surface area contributed by atoms with Crippen LogP contribution in [0, 0.1) is 11.3 Å². The second-order valence-electron chi connectivity index (χ2n) is 4.22. The molecule has 2 aromatic rings. The third kappa shape index (κ3) is 3.28. The summed E-state index contributed by atoms with van der Waals surface area (Å²) in [6, 6.07) is 14.2. The fourth-order valence-corrected chi connectivity index (χ4v) is 1.87. The first-order valence-electron chi connectivity index (χ1n) is 5.92. The fraction of sp³-hybridized carbons (Fsp3) is 0.0667. The summed E-state index contributed by atoms with van der Waals surface area (Å²) in [6.45, 7) is 0.575. The van der Waals surface area contributed by atoms with Crippen molar-refractivity contribution in [1.29, 1.82) is 5.26 Å². The zero-order valence-electron chi connectivity index (χ0n) is 10.6. The standard InChI is InChI=1S/C15H12ClN3O/c16-14-6-5-13(7-12(14)8-17)19-9-10-1-3-11(4-2-10)15(18)20/h1-7,19H,9H2,(H2,18,20). The van der Waals surface area contributed by atoms with Gasteiger partial charge in [-0.05, 0) is 35.9 Å². The summed E-state index contributed by atoms with van der Waals surface area (Å²) >= 11 is 5.87. The lowest BCUT2D eigenvalue weighted by Gasteiger charge is -2.08. The third-order valence-electron chi connectivity index (χ3n) is 2.82. The highest BCUT2D eigenvalue weighted by Crippen LogP contribution is 2.20. The quantitative estimate of drug-likeness (QED) is 0.906. The maximum absolute atomic E-state index is 11.0. The molecule has 0 aliphatic carbocycles. The molecule has 3 N–H and O–H groups in total. The molecule has 0 atom stereocenters. The number of nitrogens with two attached hydrogens (primary N) is 1. The third-order valence-corrected chi connectivity index (χ3v) is 3.15. The molecule has 0 fully saturated rings. The van der Waals surface area contributed by atoms with Gasteiger partial charge >= 0.3 is 0 Å². The van der Waals surface area contributed by atoms with Crippen LogP contribution in [0.5, 0.6) is 0 Å². The largest absolute Gasteiger partial charge is 0.381 e. The molecule has 0 aliphatic heterocycles. The van der Waals surface area contributed by atoms with E-state index < -0.39 is 5.91 Å². The molecule has 0 unspecified atom stereocenters. The number of nitriles is 1. The Morgan fingerprint density at radius 3 is 2.55 bits per heavy atom. The van der Waals surface area contributed by atoms with E-state index in [9.17, 15) is 4.79 Å². The van der Waals surface area contributed by atoms with Crippen molar-refractivity contribution in [3.63, 3.8) is 0 Å². The lowest BCUT2D eigenvalue weighted by molar-refractivity contribution is 0.100. The van der Waals surface area contributed by atoms with E-state index in [2.05, 4.69) is 5.32 Å². The van der Waals surface area contributed by atoms with Crippen molar-refractivity contribution in [2.75, 3.05) is 5.32 Å². The molecule has 0 heterocycles. The summed E-state index contributed by atoms with van der Waals surface area (Å²) in [5.41, 5.74) is 7.90. The molecule has 0 aliphatic rings. The van der Waals surface area contributed by atoms with Gasteiger partial charge in [-0.25, -0.2) is 0 Å². The molecule has 1 amide bonds. The van der Waals surface area contributed by atoms with Gasteiger partial charge in [-0.15, -0.1) is 0 Å².